The minimum Gasteiger partial charge on any atom is -0.368 e. The Balaban J connectivity index is 1.43. The smallest absolute Gasteiger partial charge is 0.253 e. The lowest BCUT2D eigenvalue weighted by molar-refractivity contribution is 0.0747. The summed E-state index contributed by atoms with van der Waals surface area (Å²) >= 11 is 6.02. The summed E-state index contributed by atoms with van der Waals surface area (Å²) in [6, 6.07) is 25.4. The van der Waals surface area contributed by atoms with Crippen molar-refractivity contribution < 1.29 is 9.00 Å². The average molecular weight is 496 g/mol. The van der Waals surface area contributed by atoms with Gasteiger partial charge in [-0.05, 0) is 60.5 Å². The van der Waals surface area contributed by atoms with E-state index in [0.717, 1.165) is 30.8 Å². The van der Waals surface area contributed by atoms with Gasteiger partial charge in [0.15, 0.2) is 0 Å². The number of carbonyl (C=O) groups excluding carboxylic acids is 1. The maximum atomic E-state index is 13.1. The Hall–Kier alpha value is -2.83. The summed E-state index contributed by atoms with van der Waals surface area (Å²) in [5, 5.41) is 0.678. The van der Waals surface area contributed by atoms with E-state index >= 15 is 0 Å². The summed E-state index contributed by atoms with van der Waals surface area (Å²) in [7, 11) is -1.16. The van der Waals surface area contributed by atoms with Crippen LogP contribution in [0.1, 0.15) is 29.3 Å². The number of piperazine rings is 1. The second-order valence-corrected chi connectivity index (χ2v) is 10.3. The van der Waals surface area contributed by atoms with Gasteiger partial charge in [0.05, 0.1) is 6.54 Å². The van der Waals surface area contributed by atoms with Gasteiger partial charge in [0.2, 0.25) is 0 Å². The Labute approximate surface area is 209 Å². The molecule has 5 nitrogen and oxygen atoms in total. The second kappa shape index (κ2) is 11.5. The molecule has 1 heterocycles. The molecule has 1 unspecified atom stereocenters. The lowest BCUT2D eigenvalue weighted by Gasteiger charge is -2.36. The van der Waals surface area contributed by atoms with Crippen LogP contribution in [-0.4, -0.2) is 46.9 Å². The van der Waals surface area contributed by atoms with Crippen molar-refractivity contribution >= 4 is 39.9 Å². The largest absolute Gasteiger partial charge is 0.368 e. The van der Waals surface area contributed by atoms with Crippen LogP contribution in [0.25, 0.3) is 0 Å². The molecule has 1 saturated heterocycles. The Morgan fingerprint density at radius 2 is 1.56 bits per heavy atom. The van der Waals surface area contributed by atoms with Crippen LogP contribution in [0.2, 0.25) is 5.02 Å². The van der Waals surface area contributed by atoms with Crippen molar-refractivity contribution in [2.45, 2.75) is 19.9 Å². The first-order valence-electron chi connectivity index (χ1n) is 11.6. The quantitative estimate of drug-likeness (QED) is 0.421. The fourth-order valence-corrected chi connectivity index (χ4v) is 5.43. The van der Waals surface area contributed by atoms with E-state index in [2.05, 4.69) is 17.0 Å². The summed E-state index contributed by atoms with van der Waals surface area (Å²) in [4.78, 5) is 17.3. The van der Waals surface area contributed by atoms with E-state index in [0.29, 0.717) is 36.0 Å². The van der Waals surface area contributed by atoms with E-state index < -0.39 is 11.0 Å². The zero-order valence-corrected chi connectivity index (χ0v) is 21.0. The molecule has 34 heavy (non-hydrogen) atoms. The molecular formula is C27H30ClN3O2S. The molecular weight excluding hydrogens is 466 g/mol. The van der Waals surface area contributed by atoms with E-state index in [1.54, 1.807) is 0 Å². The van der Waals surface area contributed by atoms with Gasteiger partial charge in [0.1, 0.15) is 11.0 Å². The molecule has 0 bridgehead atoms. The highest BCUT2D eigenvalue weighted by Gasteiger charge is 2.23. The lowest BCUT2D eigenvalue weighted by Crippen LogP contribution is -2.48. The molecule has 1 aliphatic heterocycles. The normalized spacial score (nSPS) is 14.6. The molecule has 0 radical (unpaired) electrons. The third kappa shape index (κ3) is 5.99. The molecule has 0 aromatic heterocycles. The molecule has 0 N–H and O–H groups in total. The van der Waals surface area contributed by atoms with E-state index in [9.17, 15) is 9.00 Å². The monoisotopic (exact) mass is 495 g/mol. The molecule has 4 rings (SSSR count). The summed E-state index contributed by atoms with van der Waals surface area (Å²) in [6.45, 7) is 5.56. The molecule has 3 aromatic rings. The van der Waals surface area contributed by atoms with Crippen molar-refractivity contribution in [3.63, 3.8) is 0 Å². The Kier molecular flexibility index (Phi) is 8.25. The number of para-hydroxylation sites is 1. The fourth-order valence-electron chi connectivity index (χ4n) is 4.08. The van der Waals surface area contributed by atoms with Crippen LogP contribution < -0.4 is 9.21 Å². The predicted molar refractivity (Wildman–Crippen MR) is 142 cm³/mol. The third-order valence-electron chi connectivity index (χ3n) is 5.95. The summed E-state index contributed by atoms with van der Waals surface area (Å²) < 4.78 is 14.8. The van der Waals surface area contributed by atoms with E-state index in [1.807, 2.05) is 82.9 Å². The van der Waals surface area contributed by atoms with Crippen LogP contribution in [-0.2, 0) is 17.5 Å². The minimum atomic E-state index is -1.16. The number of amides is 1. The van der Waals surface area contributed by atoms with Crippen LogP contribution in [0.3, 0.4) is 0 Å². The van der Waals surface area contributed by atoms with Gasteiger partial charge in [-0.1, -0.05) is 48.9 Å². The Bertz CT molecular complexity index is 1100. The number of carbonyl (C=O) groups is 1. The van der Waals surface area contributed by atoms with Gasteiger partial charge in [-0.15, -0.1) is 0 Å². The number of benzene rings is 3. The van der Waals surface area contributed by atoms with Crippen molar-refractivity contribution in [1.29, 1.82) is 0 Å². The van der Waals surface area contributed by atoms with Gasteiger partial charge >= 0.3 is 0 Å². The maximum Gasteiger partial charge on any atom is 0.253 e. The fraction of sp³-hybridized carbons (Fsp3) is 0.296. The first kappa shape index (κ1) is 24.3. The standard InChI is InChI=1S/C27H30ClN3O2S/c1-2-20-34(33)31(21-22-8-12-24(28)13-9-22)26-14-10-23(11-15-26)27(32)30-18-16-29(17-19-30)25-6-4-3-5-7-25/h3-15H,2,16-21H2,1H3. The van der Waals surface area contributed by atoms with Crippen molar-refractivity contribution in [3.05, 3.63) is 95.0 Å². The number of rotatable bonds is 8. The first-order valence-corrected chi connectivity index (χ1v) is 13.3. The van der Waals surface area contributed by atoms with Crippen LogP contribution in [0.4, 0.5) is 11.4 Å². The molecule has 7 heteroatoms. The Morgan fingerprint density at radius 1 is 0.912 bits per heavy atom. The van der Waals surface area contributed by atoms with E-state index in [1.165, 1.54) is 5.69 Å². The average Bonchev–Trinajstić information content (AvgIpc) is 2.89. The minimum absolute atomic E-state index is 0.0400. The van der Waals surface area contributed by atoms with Gasteiger partial charge in [0.25, 0.3) is 5.91 Å². The predicted octanol–water partition coefficient (Wildman–Crippen LogP) is 5.38. The van der Waals surface area contributed by atoms with Crippen LogP contribution in [0.5, 0.6) is 0 Å². The topological polar surface area (TPSA) is 43.9 Å². The number of hydrogen-bond acceptors (Lipinski definition) is 3. The van der Waals surface area contributed by atoms with E-state index in [-0.39, 0.29) is 5.91 Å². The van der Waals surface area contributed by atoms with Gasteiger partial charge in [0, 0.05) is 53.9 Å². The SMILES string of the molecule is CCCS(=O)N(Cc1ccc(Cl)cc1)c1ccc(C(=O)N2CCN(c3ccccc3)CC2)cc1. The molecule has 1 aliphatic rings. The number of halogens is 1. The van der Waals surface area contributed by atoms with Crippen molar-refractivity contribution in [3.8, 4) is 0 Å². The molecule has 0 spiro atoms. The number of hydrogen-bond donors (Lipinski definition) is 0. The van der Waals surface area contributed by atoms with Crippen molar-refractivity contribution in [2.75, 3.05) is 41.1 Å². The first-order chi connectivity index (χ1) is 16.5. The molecule has 1 amide bonds. The van der Waals surface area contributed by atoms with Crippen molar-refractivity contribution in [1.82, 2.24) is 4.90 Å². The zero-order chi connectivity index (χ0) is 23.9. The van der Waals surface area contributed by atoms with Crippen LogP contribution in [0, 0.1) is 0 Å². The molecule has 3 aromatic carbocycles. The van der Waals surface area contributed by atoms with Gasteiger partial charge < -0.3 is 9.80 Å². The third-order valence-corrected chi connectivity index (χ3v) is 7.80. The maximum absolute atomic E-state index is 13.1. The highest BCUT2D eigenvalue weighted by atomic mass is 35.5. The highest BCUT2D eigenvalue weighted by molar-refractivity contribution is 7.86. The van der Waals surface area contributed by atoms with Gasteiger partial charge in [-0.25, -0.2) is 4.21 Å². The Morgan fingerprint density at radius 3 is 2.18 bits per heavy atom. The highest BCUT2D eigenvalue weighted by Crippen LogP contribution is 2.23. The summed E-state index contributed by atoms with van der Waals surface area (Å²) in [6.07, 6.45) is 0.829. The number of nitrogens with zero attached hydrogens (tertiary/aromatic N) is 3. The second-order valence-electron chi connectivity index (χ2n) is 8.35. The van der Waals surface area contributed by atoms with Gasteiger partial charge in [-0.2, -0.15) is 0 Å². The summed E-state index contributed by atoms with van der Waals surface area (Å²) in [5.74, 6) is 0.623. The molecule has 1 atom stereocenters. The zero-order valence-electron chi connectivity index (χ0n) is 19.4. The number of anilines is 2. The summed E-state index contributed by atoms with van der Waals surface area (Å²) in [5.41, 5.74) is 3.72. The molecule has 178 valence electrons. The van der Waals surface area contributed by atoms with Crippen LogP contribution >= 0.6 is 11.6 Å². The lowest BCUT2D eigenvalue weighted by atomic mass is 10.1. The molecule has 1 fully saturated rings. The van der Waals surface area contributed by atoms with Crippen LogP contribution in [0.15, 0.2) is 78.9 Å². The molecule has 0 saturated carbocycles. The van der Waals surface area contributed by atoms with Gasteiger partial charge in [-0.3, -0.25) is 9.10 Å². The molecule has 0 aliphatic carbocycles. The van der Waals surface area contributed by atoms with E-state index in [4.69, 9.17) is 11.6 Å². The van der Waals surface area contributed by atoms with Crippen molar-refractivity contribution in [2.24, 2.45) is 0 Å².